The lowest BCUT2D eigenvalue weighted by Gasteiger charge is -2.31. The van der Waals surface area contributed by atoms with Gasteiger partial charge in [-0.15, -0.1) is 11.3 Å². The molecule has 2 amide bonds. The number of thiophene rings is 1. The maximum absolute atomic E-state index is 14.1. The summed E-state index contributed by atoms with van der Waals surface area (Å²) in [4.78, 5) is 17.5. The third-order valence-corrected chi connectivity index (χ3v) is 8.81. The molecule has 3 aliphatic rings. The van der Waals surface area contributed by atoms with Gasteiger partial charge in [-0.2, -0.15) is 0 Å². The highest BCUT2D eigenvalue weighted by Crippen LogP contribution is 2.44. The predicted molar refractivity (Wildman–Crippen MR) is 142 cm³/mol. The highest BCUT2D eigenvalue weighted by Gasteiger charge is 2.36. The minimum Gasteiger partial charge on any atom is -0.497 e. The molecule has 1 N–H and O–H groups in total. The van der Waals surface area contributed by atoms with Crippen molar-refractivity contribution in [3.05, 3.63) is 88.1 Å². The van der Waals surface area contributed by atoms with Gasteiger partial charge < -0.3 is 29.0 Å². The Morgan fingerprint density at radius 3 is 2.84 bits per heavy atom. The summed E-state index contributed by atoms with van der Waals surface area (Å²) in [6, 6.07) is 17.3. The van der Waals surface area contributed by atoms with Gasteiger partial charge in [0.05, 0.1) is 25.4 Å². The van der Waals surface area contributed by atoms with Gasteiger partial charge in [-0.25, -0.2) is 4.79 Å². The molecule has 4 aromatic rings. The third kappa shape index (κ3) is 3.74. The summed E-state index contributed by atoms with van der Waals surface area (Å²) in [6.07, 6.45) is 6.73. The average Bonchev–Trinajstić information content (AvgIpc) is 3.65. The van der Waals surface area contributed by atoms with Crippen molar-refractivity contribution in [3.8, 4) is 22.2 Å². The quantitative estimate of drug-likeness (QED) is 0.350. The summed E-state index contributed by atoms with van der Waals surface area (Å²) in [5, 5.41) is 4.37. The van der Waals surface area contributed by atoms with E-state index in [-0.39, 0.29) is 18.9 Å². The van der Waals surface area contributed by atoms with Crippen LogP contribution in [0.15, 0.2) is 60.8 Å². The molecule has 0 saturated carbocycles. The maximum Gasteiger partial charge on any atom is 0.322 e. The Hall–Kier alpha value is -3.91. The fraction of sp³-hybridized carbons (Fsp3) is 0.276. The van der Waals surface area contributed by atoms with Crippen LogP contribution in [0, 0.1) is 0 Å². The second kappa shape index (κ2) is 8.88. The van der Waals surface area contributed by atoms with Gasteiger partial charge in [0.25, 0.3) is 0 Å². The van der Waals surface area contributed by atoms with Crippen LogP contribution in [0.1, 0.15) is 46.1 Å². The molecule has 7 nitrogen and oxygen atoms in total. The molecular formula is C29H27N3O4S. The van der Waals surface area contributed by atoms with Crippen LogP contribution in [0.25, 0.3) is 5.00 Å². The first-order valence-electron chi connectivity index (χ1n) is 12.6. The Kier molecular flexibility index (Phi) is 5.35. The van der Waals surface area contributed by atoms with Gasteiger partial charge in [0.1, 0.15) is 10.8 Å². The van der Waals surface area contributed by atoms with Crippen molar-refractivity contribution < 1.29 is 19.0 Å². The third-order valence-electron chi connectivity index (χ3n) is 7.47. The Morgan fingerprint density at radius 2 is 1.92 bits per heavy atom. The number of hydrogen-bond acceptors (Lipinski definition) is 5. The van der Waals surface area contributed by atoms with Crippen LogP contribution >= 0.6 is 11.3 Å². The summed E-state index contributed by atoms with van der Waals surface area (Å²) in [7, 11) is 1.67. The normalized spacial score (nSPS) is 17.4. The number of anilines is 1. The number of urea groups is 1. The number of nitrogens with zero attached hydrogens (tertiary/aromatic N) is 2. The fourth-order valence-electron chi connectivity index (χ4n) is 5.72. The topological polar surface area (TPSA) is 65.0 Å². The van der Waals surface area contributed by atoms with Gasteiger partial charge in [-0.3, -0.25) is 0 Å². The molecule has 0 spiro atoms. The Labute approximate surface area is 219 Å². The molecule has 0 bridgehead atoms. The number of aromatic nitrogens is 1. The molecule has 0 saturated heterocycles. The monoisotopic (exact) mass is 513 g/mol. The fourth-order valence-corrected chi connectivity index (χ4v) is 7.12. The molecule has 0 radical (unpaired) electrons. The predicted octanol–water partition coefficient (Wildman–Crippen LogP) is 6.29. The van der Waals surface area contributed by atoms with Crippen LogP contribution in [-0.4, -0.2) is 29.4 Å². The highest BCUT2D eigenvalue weighted by molar-refractivity contribution is 7.15. The molecule has 1 aliphatic carbocycles. The highest BCUT2D eigenvalue weighted by atomic mass is 32.1. The second-order valence-electron chi connectivity index (χ2n) is 9.60. The summed E-state index contributed by atoms with van der Waals surface area (Å²) < 4.78 is 18.8. The maximum atomic E-state index is 14.1. The molecule has 2 aliphatic heterocycles. The zero-order valence-electron chi connectivity index (χ0n) is 20.5. The first-order chi connectivity index (χ1) is 18.2. The van der Waals surface area contributed by atoms with E-state index < -0.39 is 0 Å². The number of benzene rings is 2. The van der Waals surface area contributed by atoms with Crippen molar-refractivity contribution in [2.45, 2.75) is 38.3 Å². The van der Waals surface area contributed by atoms with Crippen LogP contribution in [0.2, 0.25) is 0 Å². The van der Waals surface area contributed by atoms with E-state index in [0.717, 1.165) is 29.8 Å². The molecule has 2 aromatic carbocycles. The smallest absolute Gasteiger partial charge is 0.322 e. The van der Waals surface area contributed by atoms with Gasteiger partial charge >= 0.3 is 6.03 Å². The van der Waals surface area contributed by atoms with E-state index in [2.05, 4.69) is 34.3 Å². The SMILES string of the molecule is COc1cccc([C@H]2c3cccn3-c3sc4c(c3CN2C(=O)Nc2ccc3c(c2)OCO3)CCCC4)c1. The number of rotatable bonds is 3. The van der Waals surface area contributed by atoms with Crippen molar-refractivity contribution in [1.29, 1.82) is 0 Å². The Bertz CT molecular complexity index is 1510. The number of aryl methyl sites for hydroxylation is 1. The molecule has 188 valence electrons. The number of fused-ring (bicyclic) bond motifs is 6. The van der Waals surface area contributed by atoms with Crippen LogP contribution in [0.3, 0.4) is 0 Å². The van der Waals surface area contributed by atoms with E-state index in [0.29, 0.717) is 23.7 Å². The van der Waals surface area contributed by atoms with Crippen LogP contribution < -0.4 is 19.5 Å². The van der Waals surface area contributed by atoms with Gasteiger partial charge in [0, 0.05) is 28.4 Å². The Balaban J connectivity index is 1.35. The lowest BCUT2D eigenvalue weighted by molar-refractivity contribution is 0.174. The van der Waals surface area contributed by atoms with E-state index in [1.807, 2.05) is 52.6 Å². The van der Waals surface area contributed by atoms with E-state index >= 15 is 0 Å². The van der Waals surface area contributed by atoms with E-state index in [4.69, 9.17) is 14.2 Å². The standard InChI is InChI=1S/C29H27N3O4S/c1-34-20-7-4-6-18(14-20)27-23-9-5-13-31(23)28-22(21-8-2-3-10-26(21)37-28)16-32(27)29(33)30-19-11-12-24-25(15-19)36-17-35-24/h4-7,9,11-15,27H,2-3,8,10,16-17H2,1H3,(H,30,33)/t27-/m0/s1. The summed E-state index contributed by atoms with van der Waals surface area (Å²) in [6.45, 7) is 0.723. The molecule has 37 heavy (non-hydrogen) atoms. The first kappa shape index (κ1) is 22.3. The van der Waals surface area contributed by atoms with Gasteiger partial charge in [0.15, 0.2) is 11.5 Å². The van der Waals surface area contributed by atoms with Crippen LogP contribution in [0.4, 0.5) is 10.5 Å². The average molecular weight is 514 g/mol. The molecule has 4 heterocycles. The lowest BCUT2D eigenvalue weighted by atomic mass is 9.95. The number of ether oxygens (including phenoxy) is 3. The molecule has 7 rings (SSSR count). The number of carbonyl (C=O) groups is 1. The molecule has 1 atom stereocenters. The molecule has 0 unspecified atom stereocenters. The lowest BCUT2D eigenvalue weighted by Crippen LogP contribution is -2.38. The number of amides is 2. The summed E-state index contributed by atoms with van der Waals surface area (Å²) in [5.74, 6) is 2.10. The summed E-state index contributed by atoms with van der Waals surface area (Å²) in [5.41, 5.74) is 5.43. The van der Waals surface area contributed by atoms with Gasteiger partial charge in [0.2, 0.25) is 6.79 Å². The largest absolute Gasteiger partial charge is 0.497 e. The van der Waals surface area contributed by atoms with Gasteiger partial charge in [-0.1, -0.05) is 12.1 Å². The van der Waals surface area contributed by atoms with Crippen molar-refractivity contribution in [2.75, 3.05) is 19.2 Å². The zero-order valence-corrected chi connectivity index (χ0v) is 21.3. The van der Waals surface area contributed by atoms with Crippen molar-refractivity contribution >= 4 is 23.1 Å². The molecule has 2 aromatic heterocycles. The van der Waals surface area contributed by atoms with Crippen LogP contribution in [0.5, 0.6) is 17.2 Å². The van der Waals surface area contributed by atoms with Crippen LogP contribution in [-0.2, 0) is 19.4 Å². The van der Waals surface area contributed by atoms with Crippen molar-refractivity contribution in [2.24, 2.45) is 0 Å². The Morgan fingerprint density at radius 1 is 1.03 bits per heavy atom. The van der Waals surface area contributed by atoms with Crippen molar-refractivity contribution in [1.82, 2.24) is 9.47 Å². The van der Waals surface area contributed by atoms with E-state index in [1.54, 1.807) is 7.11 Å². The van der Waals surface area contributed by atoms with E-state index in [9.17, 15) is 4.79 Å². The van der Waals surface area contributed by atoms with Crippen molar-refractivity contribution in [3.63, 3.8) is 0 Å². The first-order valence-corrected chi connectivity index (χ1v) is 13.4. The minimum atomic E-state index is -0.294. The molecular weight excluding hydrogens is 486 g/mol. The van der Waals surface area contributed by atoms with E-state index in [1.165, 1.54) is 33.8 Å². The number of methoxy groups -OCH3 is 1. The zero-order chi connectivity index (χ0) is 24.9. The second-order valence-corrected chi connectivity index (χ2v) is 10.7. The van der Waals surface area contributed by atoms with Gasteiger partial charge in [-0.05, 0) is 73.2 Å². The number of hydrogen-bond donors (Lipinski definition) is 1. The number of carbonyl (C=O) groups excluding carboxylic acids is 1. The molecule has 0 fully saturated rings. The summed E-state index contributed by atoms with van der Waals surface area (Å²) >= 11 is 1.88. The number of nitrogens with one attached hydrogen (secondary N) is 1. The molecule has 8 heteroatoms. The minimum absolute atomic E-state index is 0.164.